The molecule has 1 aliphatic carbocycles. The molecule has 1 aromatic heterocycles. The van der Waals surface area contributed by atoms with Gasteiger partial charge in [-0.1, -0.05) is 49.0 Å². The number of nitrogens with zero attached hydrogens (tertiary/aromatic N) is 3. The van der Waals surface area contributed by atoms with Crippen molar-refractivity contribution in [1.29, 1.82) is 0 Å². The number of H-pyrrole nitrogens is 1. The summed E-state index contributed by atoms with van der Waals surface area (Å²) < 4.78 is 0. The van der Waals surface area contributed by atoms with E-state index in [0.29, 0.717) is 16.8 Å². The van der Waals surface area contributed by atoms with E-state index in [1.165, 1.54) is 55.6 Å². The molecule has 2 aromatic rings. The predicted octanol–water partition coefficient (Wildman–Crippen LogP) is 3.83. The van der Waals surface area contributed by atoms with E-state index in [0.717, 1.165) is 12.2 Å². The number of non-ortho nitro benzene ring substituents is 1. The van der Waals surface area contributed by atoms with Crippen LogP contribution >= 0.6 is 23.4 Å². The van der Waals surface area contributed by atoms with Gasteiger partial charge in [0.25, 0.3) is 5.69 Å². The molecule has 10 heteroatoms. The molecule has 0 saturated heterocycles. The lowest BCUT2D eigenvalue weighted by atomic mass is 10.0. The van der Waals surface area contributed by atoms with Crippen LogP contribution in [0, 0.1) is 16.0 Å². The molecule has 0 aliphatic heterocycles. The lowest BCUT2D eigenvalue weighted by Gasteiger charge is -2.06. The number of aromatic nitrogens is 3. The van der Waals surface area contributed by atoms with Crippen molar-refractivity contribution >= 4 is 40.6 Å². The number of anilines is 1. The van der Waals surface area contributed by atoms with Gasteiger partial charge in [0.05, 0.1) is 21.4 Å². The molecule has 8 nitrogen and oxygen atoms in total. The van der Waals surface area contributed by atoms with Crippen molar-refractivity contribution in [3.05, 3.63) is 39.2 Å². The zero-order valence-corrected chi connectivity index (χ0v) is 15.5. The summed E-state index contributed by atoms with van der Waals surface area (Å²) >= 11 is 7.19. The molecule has 0 atom stereocenters. The first kappa shape index (κ1) is 18.7. The molecule has 0 radical (unpaired) electrons. The Hall–Kier alpha value is -2.13. The monoisotopic (exact) mass is 395 g/mol. The second-order valence-electron chi connectivity index (χ2n) is 6.18. The van der Waals surface area contributed by atoms with Crippen molar-refractivity contribution in [2.24, 2.45) is 5.92 Å². The number of carbonyl (C=O) groups excluding carboxylic acids is 1. The van der Waals surface area contributed by atoms with Gasteiger partial charge in [-0.05, 0) is 12.0 Å². The van der Waals surface area contributed by atoms with Crippen molar-refractivity contribution in [2.45, 2.75) is 37.3 Å². The average Bonchev–Trinajstić information content (AvgIpc) is 3.27. The standard InChI is InChI=1S/C16H18ClN5O3S/c17-12-8-11(22(24)25)5-6-13(12)18-15(23)9-26-16-19-14(20-21-16)7-10-3-1-2-4-10/h5-6,8,10H,1-4,7,9H2,(H,18,23)(H,19,20,21). The summed E-state index contributed by atoms with van der Waals surface area (Å²) in [6.45, 7) is 0. The van der Waals surface area contributed by atoms with Crippen molar-refractivity contribution in [3.8, 4) is 0 Å². The molecule has 0 unspecified atom stereocenters. The van der Waals surface area contributed by atoms with Gasteiger partial charge in [0.15, 0.2) is 0 Å². The highest BCUT2D eigenvalue weighted by Crippen LogP contribution is 2.28. The van der Waals surface area contributed by atoms with Crippen molar-refractivity contribution in [2.75, 3.05) is 11.1 Å². The van der Waals surface area contributed by atoms with Gasteiger partial charge in [0.2, 0.25) is 11.1 Å². The van der Waals surface area contributed by atoms with Gasteiger partial charge < -0.3 is 5.32 Å². The summed E-state index contributed by atoms with van der Waals surface area (Å²) in [6.07, 6.45) is 5.94. The number of carbonyl (C=O) groups is 1. The van der Waals surface area contributed by atoms with Crippen molar-refractivity contribution < 1.29 is 9.72 Å². The normalized spacial score (nSPS) is 14.5. The minimum atomic E-state index is -0.542. The number of nitro benzene ring substituents is 1. The summed E-state index contributed by atoms with van der Waals surface area (Å²) in [5.74, 6) is 1.37. The van der Waals surface area contributed by atoms with Crippen LogP contribution in [0.2, 0.25) is 5.02 Å². The van der Waals surface area contributed by atoms with E-state index in [4.69, 9.17) is 11.6 Å². The average molecular weight is 396 g/mol. The largest absolute Gasteiger partial charge is 0.324 e. The molecule has 1 saturated carbocycles. The first-order valence-electron chi connectivity index (χ1n) is 8.29. The van der Waals surface area contributed by atoms with E-state index in [9.17, 15) is 14.9 Å². The summed E-state index contributed by atoms with van der Waals surface area (Å²) in [7, 11) is 0. The van der Waals surface area contributed by atoms with Gasteiger partial charge in [-0.25, -0.2) is 4.98 Å². The number of hydrogen-bond acceptors (Lipinski definition) is 6. The molecule has 0 bridgehead atoms. The molecule has 138 valence electrons. The first-order chi connectivity index (χ1) is 12.5. The minimum absolute atomic E-state index is 0.119. The number of halogens is 1. The Labute approximate surface area is 159 Å². The van der Waals surface area contributed by atoms with E-state index in [1.54, 1.807) is 0 Å². The van der Waals surface area contributed by atoms with Crippen LogP contribution in [-0.4, -0.2) is 31.8 Å². The van der Waals surface area contributed by atoms with E-state index >= 15 is 0 Å². The number of hydrogen-bond donors (Lipinski definition) is 2. The van der Waals surface area contributed by atoms with Crippen LogP contribution < -0.4 is 5.32 Å². The van der Waals surface area contributed by atoms with E-state index in [-0.39, 0.29) is 22.4 Å². The van der Waals surface area contributed by atoms with Gasteiger partial charge in [-0.2, -0.15) is 0 Å². The third-order valence-corrected chi connectivity index (χ3v) is 5.40. The number of aromatic amines is 1. The summed E-state index contributed by atoms with van der Waals surface area (Å²) in [4.78, 5) is 26.6. The highest BCUT2D eigenvalue weighted by molar-refractivity contribution is 7.99. The van der Waals surface area contributed by atoms with Crippen LogP contribution in [0.5, 0.6) is 0 Å². The maximum Gasteiger partial charge on any atom is 0.271 e. The molecule has 3 rings (SSSR count). The third kappa shape index (κ3) is 4.95. The van der Waals surface area contributed by atoms with Crippen LogP contribution in [-0.2, 0) is 11.2 Å². The van der Waals surface area contributed by atoms with Crippen LogP contribution in [0.3, 0.4) is 0 Å². The Morgan fingerprint density at radius 2 is 2.19 bits per heavy atom. The third-order valence-electron chi connectivity index (χ3n) is 4.24. The van der Waals surface area contributed by atoms with Crippen LogP contribution in [0.4, 0.5) is 11.4 Å². The fourth-order valence-electron chi connectivity index (χ4n) is 2.96. The molecule has 1 aromatic carbocycles. The first-order valence-corrected chi connectivity index (χ1v) is 9.65. The van der Waals surface area contributed by atoms with Crippen LogP contribution in [0.1, 0.15) is 31.5 Å². The molecule has 2 N–H and O–H groups in total. The topological polar surface area (TPSA) is 114 Å². The summed E-state index contributed by atoms with van der Waals surface area (Å²) in [5.41, 5.74) is 0.206. The van der Waals surface area contributed by atoms with Gasteiger partial charge >= 0.3 is 0 Å². The molecular formula is C16H18ClN5O3S. The van der Waals surface area contributed by atoms with E-state index in [2.05, 4.69) is 20.5 Å². The fourth-order valence-corrected chi connectivity index (χ4v) is 3.80. The quantitative estimate of drug-likeness (QED) is 0.418. The SMILES string of the molecule is O=C(CSc1n[nH]c(CC2CCCC2)n1)Nc1ccc([N+](=O)[O-])cc1Cl. The number of amides is 1. The summed E-state index contributed by atoms with van der Waals surface area (Å²) in [5, 5.41) is 21.0. The van der Waals surface area contributed by atoms with E-state index < -0.39 is 4.92 Å². The van der Waals surface area contributed by atoms with Crippen molar-refractivity contribution in [3.63, 3.8) is 0 Å². The lowest BCUT2D eigenvalue weighted by Crippen LogP contribution is -2.14. The van der Waals surface area contributed by atoms with E-state index in [1.807, 2.05) is 0 Å². The Morgan fingerprint density at radius 3 is 2.88 bits per heavy atom. The number of benzene rings is 1. The molecule has 26 heavy (non-hydrogen) atoms. The Balaban J connectivity index is 1.49. The van der Waals surface area contributed by atoms with Gasteiger partial charge in [0, 0.05) is 18.6 Å². The molecule has 0 spiro atoms. The number of rotatable bonds is 7. The maximum atomic E-state index is 12.1. The second-order valence-corrected chi connectivity index (χ2v) is 7.53. The molecule has 1 amide bonds. The number of nitrogens with one attached hydrogen (secondary N) is 2. The smallest absolute Gasteiger partial charge is 0.271 e. The molecule has 1 heterocycles. The highest BCUT2D eigenvalue weighted by atomic mass is 35.5. The zero-order valence-electron chi connectivity index (χ0n) is 13.9. The van der Waals surface area contributed by atoms with Crippen LogP contribution in [0.25, 0.3) is 0 Å². The van der Waals surface area contributed by atoms with Crippen molar-refractivity contribution in [1.82, 2.24) is 15.2 Å². The Kier molecular flexibility index (Phi) is 6.10. The van der Waals surface area contributed by atoms with Crippen LogP contribution in [0.15, 0.2) is 23.4 Å². The number of thioether (sulfide) groups is 1. The van der Waals surface area contributed by atoms with Gasteiger partial charge in [-0.3, -0.25) is 20.0 Å². The summed E-state index contributed by atoms with van der Waals surface area (Å²) in [6, 6.07) is 3.91. The highest BCUT2D eigenvalue weighted by Gasteiger charge is 2.18. The Bertz CT molecular complexity index is 807. The zero-order chi connectivity index (χ0) is 18.5. The predicted molar refractivity (Wildman–Crippen MR) is 99.5 cm³/mol. The van der Waals surface area contributed by atoms with Gasteiger partial charge in [0.1, 0.15) is 5.82 Å². The second kappa shape index (κ2) is 8.50. The van der Waals surface area contributed by atoms with Gasteiger partial charge in [-0.15, -0.1) is 5.10 Å². The maximum absolute atomic E-state index is 12.1. The minimum Gasteiger partial charge on any atom is -0.324 e. The molecular weight excluding hydrogens is 378 g/mol. The molecule has 1 aliphatic rings. The molecule has 1 fully saturated rings. The fraction of sp³-hybridized carbons (Fsp3) is 0.438. The number of nitro groups is 1. The lowest BCUT2D eigenvalue weighted by molar-refractivity contribution is -0.384. The Morgan fingerprint density at radius 1 is 1.42 bits per heavy atom.